The maximum Gasteiger partial charge on any atom is 0.342 e. The van der Waals surface area contributed by atoms with Crippen LogP contribution in [0.1, 0.15) is 20.7 Å². The quantitative estimate of drug-likeness (QED) is 0.228. The average molecular weight is 670 g/mol. The number of nitro groups is 2. The number of carboxylic acids is 2. The first-order valence-corrected chi connectivity index (χ1v) is 13.1. The van der Waals surface area contributed by atoms with Crippen molar-refractivity contribution in [3.05, 3.63) is 64.6 Å². The van der Waals surface area contributed by atoms with E-state index in [0.29, 0.717) is 12.1 Å². The van der Waals surface area contributed by atoms with Crippen LogP contribution in [-0.4, -0.2) is 48.8 Å². The van der Waals surface area contributed by atoms with E-state index in [2.05, 4.69) is 31.9 Å². The second-order valence-electron chi connectivity index (χ2n) is 5.71. The molecule has 0 unspecified atom stereocenters. The molecule has 2 aromatic carbocycles. The number of nitrogens with zero attached hydrogens (tertiary/aromatic N) is 2. The first-order chi connectivity index (χ1) is 15.3. The van der Waals surface area contributed by atoms with Gasteiger partial charge in [-0.2, -0.15) is 0 Å². The first kappa shape index (κ1) is 29.3. The second kappa shape index (κ2) is 10.7. The largest absolute Gasteiger partial charge is 0.477 e. The Morgan fingerprint density at radius 3 is 1.41 bits per heavy atom. The number of aromatic carboxylic acids is 2. The molecule has 0 aliphatic carbocycles. The third-order valence-electron chi connectivity index (χ3n) is 3.52. The van der Waals surface area contributed by atoms with Gasteiger partial charge in [-0.15, -0.1) is 0 Å². The van der Waals surface area contributed by atoms with Crippen molar-refractivity contribution in [3.63, 3.8) is 0 Å². The molecule has 20 heteroatoms. The summed E-state index contributed by atoms with van der Waals surface area (Å²) in [5.74, 6) is -3.24. The van der Waals surface area contributed by atoms with Crippen molar-refractivity contribution < 1.29 is 46.5 Å². The summed E-state index contributed by atoms with van der Waals surface area (Å²) in [5.41, 5.74) is -2.95. The molecule has 2 rings (SSSR count). The van der Waals surface area contributed by atoms with Crippen LogP contribution in [0.15, 0.2) is 43.0 Å². The maximum absolute atomic E-state index is 11.1. The van der Waals surface area contributed by atoms with Crippen LogP contribution in [0.3, 0.4) is 0 Å². The summed E-state index contributed by atoms with van der Waals surface area (Å²) < 4.78 is 44.0. The highest BCUT2D eigenvalue weighted by atomic mass is 79.9. The van der Waals surface area contributed by atoms with E-state index in [9.17, 15) is 46.7 Å². The zero-order chi connectivity index (χ0) is 26.8. The van der Waals surface area contributed by atoms with Crippen LogP contribution < -0.4 is 5.14 Å². The molecule has 0 radical (unpaired) electrons. The fourth-order valence-electron chi connectivity index (χ4n) is 2.14. The number of nitro benzene ring substituents is 2. The number of rotatable bonds is 6. The van der Waals surface area contributed by atoms with E-state index < -0.39 is 73.2 Å². The fraction of sp³-hybridized carbons (Fsp3) is 0. The van der Waals surface area contributed by atoms with E-state index in [1.165, 1.54) is 0 Å². The molecule has 0 fully saturated rings. The minimum Gasteiger partial charge on any atom is -0.477 e. The molecule has 15 nitrogen and oxygen atoms in total. The highest BCUT2D eigenvalue weighted by Gasteiger charge is 2.27. The van der Waals surface area contributed by atoms with Gasteiger partial charge in [-0.25, -0.2) is 31.6 Å². The van der Waals surface area contributed by atoms with Crippen LogP contribution >= 0.6 is 42.5 Å². The Hall–Kier alpha value is -2.71. The Labute approximate surface area is 210 Å². The fourth-order valence-corrected chi connectivity index (χ4v) is 5.94. The number of carbonyl (C=O) groups is 2. The summed E-state index contributed by atoms with van der Waals surface area (Å²) in [6.07, 6.45) is 0. The molecule has 0 saturated carbocycles. The highest BCUT2D eigenvalue weighted by molar-refractivity contribution is 9.10. The molecule has 4 N–H and O–H groups in total. The molecule has 34 heavy (non-hydrogen) atoms. The molecule has 0 saturated heterocycles. The van der Waals surface area contributed by atoms with Gasteiger partial charge >= 0.3 is 11.9 Å². The molecule has 0 aromatic heterocycles. The topological polar surface area (TPSA) is 255 Å². The third kappa shape index (κ3) is 7.14. The molecule has 0 heterocycles. The van der Waals surface area contributed by atoms with Gasteiger partial charge in [0.15, 0.2) is 0 Å². The van der Waals surface area contributed by atoms with Crippen LogP contribution in [0.25, 0.3) is 0 Å². The Bertz CT molecular complexity index is 1330. The lowest BCUT2D eigenvalue weighted by molar-refractivity contribution is -0.385. The van der Waals surface area contributed by atoms with Crippen LogP contribution in [0.4, 0.5) is 11.4 Å². The highest BCUT2D eigenvalue weighted by Crippen LogP contribution is 2.32. The predicted molar refractivity (Wildman–Crippen MR) is 120 cm³/mol. The Kier molecular flexibility index (Phi) is 9.22. The number of hydrogen-bond donors (Lipinski definition) is 3. The maximum atomic E-state index is 11.1. The molecular formula is C14H8Br2ClN3O12S2. The summed E-state index contributed by atoms with van der Waals surface area (Å²) in [5, 5.41) is 43.5. The van der Waals surface area contributed by atoms with E-state index in [1.807, 2.05) is 0 Å². The average Bonchev–Trinajstić information content (AvgIpc) is 2.65. The van der Waals surface area contributed by atoms with Crippen LogP contribution in [0.5, 0.6) is 0 Å². The van der Waals surface area contributed by atoms with Crippen LogP contribution in [0.2, 0.25) is 0 Å². The van der Waals surface area contributed by atoms with Crippen molar-refractivity contribution in [2.45, 2.75) is 9.79 Å². The predicted octanol–water partition coefficient (Wildman–Crippen LogP) is 2.69. The Morgan fingerprint density at radius 2 is 1.15 bits per heavy atom. The lowest BCUT2D eigenvalue weighted by atomic mass is 10.2. The molecule has 0 atom stereocenters. The van der Waals surface area contributed by atoms with Crippen molar-refractivity contribution in [3.8, 4) is 0 Å². The second-order valence-corrected chi connectivity index (χ2v) is 11.5. The summed E-state index contributed by atoms with van der Waals surface area (Å²) in [6, 6.07) is 2.83. The van der Waals surface area contributed by atoms with Gasteiger partial charge in [0.25, 0.3) is 20.4 Å². The molecule has 0 aliphatic heterocycles. The van der Waals surface area contributed by atoms with Gasteiger partial charge in [-0.1, -0.05) is 0 Å². The normalized spacial score (nSPS) is 11.2. The first-order valence-electron chi connectivity index (χ1n) is 7.69. The van der Waals surface area contributed by atoms with E-state index in [0.717, 1.165) is 12.1 Å². The lowest BCUT2D eigenvalue weighted by Gasteiger charge is -2.04. The van der Waals surface area contributed by atoms with Crippen molar-refractivity contribution >= 4 is 84.9 Å². The monoisotopic (exact) mass is 667 g/mol. The van der Waals surface area contributed by atoms with Crippen molar-refractivity contribution in [1.29, 1.82) is 0 Å². The smallest absolute Gasteiger partial charge is 0.342 e. The van der Waals surface area contributed by atoms with Crippen LogP contribution in [0, 0.1) is 20.2 Å². The molecule has 0 aliphatic rings. The SMILES string of the molecule is NS(=O)(=O)c1cc(C(=O)O)c([N+](=O)[O-])cc1Br.O=C(O)c1cc(S(=O)(=O)Cl)c(Br)cc1[N+](=O)[O-]. The molecule has 0 bridgehead atoms. The van der Waals surface area contributed by atoms with Crippen molar-refractivity contribution in [1.82, 2.24) is 0 Å². The number of primary sulfonamides is 1. The summed E-state index contributed by atoms with van der Waals surface area (Å²) in [4.78, 5) is 39.8. The van der Waals surface area contributed by atoms with E-state index in [4.69, 9.17) is 26.0 Å². The lowest BCUT2D eigenvalue weighted by Crippen LogP contribution is -2.14. The standard InChI is InChI=1S/C7H3BrClNO6S.C7H5BrN2O6S/c2*8-4-2-5(10(13)14)3(7(11)12)1-6(4)17(9,15)16/h1-2H,(H,11,12);1-2H,(H,11,12)(H2,9,15,16). The third-order valence-corrected chi connectivity index (χ3v) is 7.67. The van der Waals surface area contributed by atoms with Crippen molar-refractivity contribution in [2.24, 2.45) is 5.14 Å². The minimum atomic E-state index is -4.19. The van der Waals surface area contributed by atoms with Gasteiger partial charge in [0.1, 0.15) is 11.1 Å². The minimum absolute atomic E-state index is 0.170. The molecule has 2 aromatic rings. The number of halogens is 3. The van der Waals surface area contributed by atoms with Crippen molar-refractivity contribution in [2.75, 3.05) is 0 Å². The molecule has 184 valence electrons. The number of benzene rings is 2. The van der Waals surface area contributed by atoms with Gasteiger partial charge in [0.2, 0.25) is 10.0 Å². The molecule has 0 spiro atoms. The van der Waals surface area contributed by atoms with Gasteiger partial charge in [-0.05, 0) is 44.0 Å². The number of carboxylic acid groups (broad SMARTS) is 2. The summed E-state index contributed by atoms with van der Waals surface area (Å²) in [6.45, 7) is 0. The molecular weight excluding hydrogens is 662 g/mol. The number of nitrogens with two attached hydrogens (primary N) is 1. The van der Waals surface area contributed by atoms with Crippen LogP contribution in [-0.2, 0) is 19.1 Å². The summed E-state index contributed by atoms with van der Waals surface area (Å²) in [7, 11) is -3.31. The van der Waals surface area contributed by atoms with Gasteiger partial charge in [0, 0.05) is 31.8 Å². The van der Waals surface area contributed by atoms with Gasteiger partial charge in [-0.3, -0.25) is 20.2 Å². The van der Waals surface area contributed by atoms with Gasteiger partial charge < -0.3 is 10.2 Å². The summed E-state index contributed by atoms with van der Waals surface area (Å²) >= 11 is 5.55. The zero-order valence-corrected chi connectivity index (χ0v) is 21.3. The molecule has 0 amide bonds. The zero-order valence-electron chi connectivity index (χ0n) is 15.7. The Morgan fingerprint density at radius 1 is 0.824 bits per heavy atom. The van der Waals surface area contributed by atoms with E-state index >= 15 is 0 Å². The Balaban J connectivity index is 0.000000340. The number of sulfonamides is 1. The van der Waals surface area contributed by atoms with Gasteiger partial charge in [0.05, 0.1) is 19.6 Å². The number of hydrogen-bond acceptors (Lipinski definition) is 10. The van der Waals surface area contributed by atoms with E-state index in [-0.39, 0.29) is 8.95 Å². The van der Waals surface area contributed by atoms with E-state index in [1.54, 1.807) is 0 Å².